The van der Waals surface area contributed by atoms with Crippen LogP contribution in [0.5, 0.6) is 5.75 Å². The smallest absolute Gasteiger partial charge is 0.212 e. The number of hydrogen-bond acceptors (Lipinski definition) is 1. The Morgan fingerprint density at radius 3 is 2.62 bits per heavy atom. The van der Waals surface area contributed by atoms with Crippen LogP contribution in [0, 0.1) is 6.92 Å². The van der Waals surface area contributed by atoms with Crippen LogP contribution in [0.3, 0.4) is 0 Å². The number of halogens is 1. The zero-order valence-electron chi connectivity index (χ0n) is 9.27. The van der Waals surface area contributed by atoms with E-state index < -0.39 is 0 Å². The summed E-state index contributed by atoms with van der Waals surface area (Å²) in [7, 11) is 2.05. The first-order chi connectivity index (χ1) is 7.74. The molecule has 3 heteroatoms. The lowest BCUT2D eigenvalue weighted by Crippen LogP contribution is -2.30. The summed E-state index contributed by atoms with van der Waals surface area (Å²) in [6.07, 6.45) is 2.05. The SMILES string of the molecule is Cc1c(OI)cccc1-c1cccc[n+]1C. The normalized spacial score (nSPS) is 10.2. The Balaban J connectivity index is 2.61. The van der Waals surface area contributed by atoms with Gasteiger partial charge in [-0.2, -0.15) is 0 Å². The Kier molecular flexibility index (Phi) is 3.43. The Hall–Kier alpha value is -1.10. The molecule has 2 rings (SSSR count). The highest BCUT2D eigenvalue weighted by Crippen LogP contribution is 2.28. The molecule has 0 atom stereocenters. The van der Waals surface area contributed by atoms with E-state index in [0.717, 1.165) is 5.75 Å². The second-order valence-electron chi connectivity index (χ2n) is 3.70. The van der Waals surface area contributed by atoms with Gasteiger partial charge in [-0.1, -0.05) is 6.07 Å². The van der Waals surface area contributed by atoms with Crippen LogP contribution in [0.15, 0.2) is 42.6 Å². The average molecular weight is 326 g/mol. The van der Waals surface area contributed by atoms with Gasteiger partial charge in [0.2, 0.25) is 5.69 Å². The predicted molar refractivity (Wildman–Crippen MR) is 72.4 cm³/mol. The van der Waals surface area contributed by atoms with Gasteiger partial charge in [-0.3, -0.25) is 0 Å². The molecule has 0 N–H and O–H groups in total. The Labute approximate surface area is 110 Å². The fourth-order valence-corrected chi connectivity index (χ4v) is 2.26. The number of benzene rings is 1. The molecule has 2 aromatic rings. The van der Waals surface area contributed by atoms with Crippen LogP contribution >= 0.6 is 23.0 Å². The second-order valence-corrected chi connectivity index (χ2v) is 4.14. The lowest BCUT2D eigenvalue weighted by Gasteiger charge is -2.07. The Morgan fingerprint density at radius 2 is 1.94 bits per heavy atom. The van der Waals surface area contributed by atoms with Gasteiger partial charge >= 0.3 is 0 Å². The van der Waals surface area contributed by atoms with Crippen molar-refractivity contribution >= 4 is 23.0 Å². The number of hydrogen-bond donors (Lipinski definition) is 0. The van der Waals surface area contributed by atoms with Crippen molar-refractivity contribution in [2.24, 2.45) is 7.05 Å². The number of aryl methyl sites for hydroxylation is 1. The van der Waals surface area contributed by atoms with E-state index in [-0.39, 0.29) is 0 Å². The monoisotopic (exact) mass is 326 g/mol. The number of nitrogens with zero attached hydrogens (tertiary/aromatic N) is 1. The first-order valence-electron chi connectivity index (χ1n) is 5.07. The molecule has 0 fully saturated rings. The third-order valence-corrected chi connectivity index (χ3v) is 3.17. The molecular weight excluding hydrogens is 313 g/mol. The molecule has 2 nitrogen and oxygen atoms in total. The molecule has 0 saturated carbocycles. The van der Waals surface area contributed by atoms with E-state index in [1.807, 2.05) is 60.5 Å². The molecule has 0 saturated heterocycles. The summed E-state index contributed by atoms with van der Waals surface area (Å²) in [5, 5.41) is 0. The summed E-state index contributed by atoms with van der Waals surface area (Å²) in [6, 6.07) is 12.3. The Morgan fingerprint density at radius 1 is 1.12 bits per heavy atom. The summed E-state index contributed by atoms with van der Waals surface area (Å²) >= 11 is 1.92. The second kappa shape index (κ2) is 4.82. The third kappa shape index (κ3) is 2.04. The highest BCUT2D eigenvalue weighted by Gasteiger charge is 2.13. The van der Waals surface area contributed by atoms with Gasteiger partial charge in [-0.25, -0.2) is 4.57 Å². The maximum Gasteiger partial charge on any atom is 0.212 e. The molecule has 0 aliphatic carbocycles. The van der Waals surface area contributed by atoms with Gasteiger partial charge < -0.3 is 3.07 Å². The zero-order valence-corrected chi connectivity index (χ0v) is 11.4. The molecule has 1 aromatic heterocycles. The molecular formula is C13H13INO+. The molecule has 1 heterocycles. The molecule has 16 heavy (non-hydrogen) atoms. The largest absolute Gasteiger partial charge is 0.427 e. The van der Waals surface area contributed by atoms with E-state index >= 15 is 0 Å². The number of aromatic nitrogens is 1. The summed E-state index contributed by atoms with van der Waals surface area (Å²) in [5.74, 6) is 0.918. The fraction of sp³-hybridized carbons (Fsp3) is 0.154. The predicted octanol–water partition coefficient (Wildman–Crippen LogP) is 3.22. The van der Waals surface area contributed by atoms with Crippen molar-refractivity contribution in [1.82, 2.24) is 0 Å². The van der Waals surface area contributed by atoms with Crippen molar-refractivity contribution in [1.29, 1.82) is 0 Å². The molecule has 0 aliphatic rings. The van der Waals surface area contributed by atoms with E-state index in [1.165, 1.54) is 16.8 Å². The van der Waals surface area contributed by atoms with Crippen LogP contribution in [0.4, 0.5) is 0 Å². The molecule has 0 radical (unpaired) electrons. The van der Waals surface area contributed by atoms with Crippen molar-refractivity contribution in [2.75, 3.05) is 0 Å². The van der Waals surface area contributed by atoms with Crippen LogP contribution in [0.2, 0.25) is 0 Å². The molecule has 0 spiro atoms. The zero-order chi connectivity index (χ0) is 11.5. The van der Waals surface area contributed by atoms with Crippen molar-refractivity contribution in [3.8, 4) is 17.0 Å². The van der Waals surface area contributed by atoms with E-state index in [4.69, 9.17) is 3.07 Å². The molecule has 82 valence electrons. The third-order valence-electron chi connectivity index (χ3n) is 2.70. The minimum Gasteiger partial charge on any atom is -0.427 e. The van der Waals surface area contributed by atoms with Crippen LogP contribution in [0.25, 0.3) is 11.3 Å². The van der Waals surface area contributed by atoms with E-state index in [9.17, 15) is 0 Å². The summed E-state index contributed by atoms with van der Waals surface area (Å²) < 4.78 is 7.42. The standard InChI is InChI=1S/C13H13INO/c1-10-11(6-5-8-13(10)16-14)12-7-3-4-9-15(12)2/h3-9H,1-2H3/q+1. The Bertz CT molecular complexity index is 511. The van der Waals surface area contributed by atoms with Gasteiger partial charge in [0.25, 0.3) is 0 Å². The van der Waals surface area contributed by atoms with E-state index in [2.05, 4.69) is 23.6 Å². The fourth-order valence-electron chi connectivity index (χ4n) is 1.78. The van der Waals surface area contributed by atoms with Crippen molar-refractivity contribution in [2.45, 2.75) is 6.92 Å². The highest BCUT2D eigenvalue weighted by atomic mass is 127. The van der Waals surface area contributed by atoms with Crippen LogP contribution in [0.1, 0.15) is 5.56 Å². The first kappa shape index (κ1) is 11.4. The topological polar surface area (TPSA) is 13.1 Å². The van der Waals surface area contributed by atoms with Gasteiger partial charge in [0.05, 0.1) is 5.56 Å². The minimum atomic E-state index is 0.918. The lowest BCUT2D eigenvalue weighted by molar-refractivity contribution is -0.660. The van der Waals surface area contributed by atoms with Gasteiger partial charge in [0.15, 0.2) is 29.2 Å². The molecule has 0 aliphatic heterocycles. The van der Waals surface area contributed by atoms with E-state index in [1.54, 1.807) is 0 Å². The van der Waals surface area contributed by atoms with Gasteiger partial charge in [-0.15, -0.1) is 0 Å². The maximum atomic E-state index is 5.31. The molecule has 1 aromatic carbocycles. The molecule has 0 amide bonds. The summed E-state index contributed by atoms with van der Waals surface area (Å²) in [4.78, 5) is 0. The lowest BCUT2D eigenvalue weighted by atomic mass is 10.0. The number of pyridine rings is 1. The molecule has 0 unspecified atom stereocenters. The van der Waals surface area contributed by atoms with Crippen molar-refractivity contribution < 1.29 is 7.63 Å². The summed E-state index contributed by atoms with van der Waals surface area (Å²) in [5.41, 5.74) is 3.56. The maximum absolute atomic E-state index is 5.31. The number of rotatable bonds is 2. The van der Waals surface area contributed by atoms with Crippen LogP contribution < -0.4 is 7.63 Å². The summed E-state index contributed by atoms with van der Waals surface area (Å²) in [6.45, 7) is 2.08. The van der Waals surface area contributed by atoms with Crippen LogP contribution in [-0.4, -0.2) is 0 Å². The van der Waals surface area contributed by atoms with Gasteiger partial charge in [0.1, 0.15) is 12.8 Å². The van der Waals surface area contributed by atoms with E-state index in [0.29, 0.717) is 0 Å². The molecule has 0 bridgehead atoms. The first-order valence-corrected chi connectivity index (χ1v) is 5.95. The van der Waals surface area contributed by atoms with Gasteiger partial charge in [-0.05, 0) is 25.1 Å². The minimum absolute atomic E-state index is 0.918. The van der Waals surface area contributed by atoms with Crippen LogP contribution in [-0.2, 0) is 7.05 Å². The van der Waals surface area contributed by atoms with Crippen molar-refractivity contribution in [3.63, 3.8) is 0 Å². The highest BCUT2D eigenvalue weighted by molar-refractivity contribution is 14.1. The van der Waals surface area contributed by atoms with Gasteiger partial charge in [0, 0.05) is 17.7 Å². The van der Waals surface area contributed by atoms with Crippen molar-refractivity contribution in [3.05, 3.63) is 48.2 Å². The average Bonchev–Trinajstić information content (AvgIpc) is 2.31. The quantitative estimate of drug-likeness (QED) is 0.610.